The Kier molecular flexibility index (Phi) is 2.67. The van der Waals surface area contributed by atoms with Crippen LogP contribution in [0.4, 0.5) is 10.1 Å². The Morgan fingerprint density at radius 3 is 2.73 bits per heavy atom. The predicted molar refractivity (Wildman–Crippen MR) is 49.5 cm³/mol. The van der Waals surface area contributed by atoms with Crippen LogP contribution in [0.5, 0.6) is 0 Å². The lowest BCUT2D eigenvalue weighted by Crippen LogP contribution is -1.96. The molecule has 0 radical (unpaired) electrons. The number of aliphatic hydroxyl groups excluding tert-OH is 1. The molecule has 11 heavy (non-hydrogen) atoms. The molecule has 0 amide bonds. The van der Waals surface area contributed by atoms with Crippen LogP contribution in [0.25, 0.3) is 0 Å². The van der Waals surface area contributed by atoms with E-state index in [0.29, 0.717) is 14.8 Å². The first-order chi connectivity index (χ1) is 5.15. The Hall–Kier alpha value is -0.360. The van der Waals surface area contributed by atoms with Crippen LogP contribution in [-0.4, -0.2) is 5.11 Å². The average molecular weight is 267 g/mol. The quantitative estimate of drug-likeness (QED) is 0.598. The summed E-state index contributed by atoms with van der Waals surface area (Å²) in [4.78, 5) is 0. The number of halogens is 2. The lowest BCUT2D eigenvalue weighted by atomic mass is 10.2. The van der Waals surface area contributed by atoms with Crippen LogP contribution < -0.4 is 5.73 Å². The van der Waals surface area contributed by atoms with E-state index < -0.39 is 0 Å². The molecule has 1 rings (SSSR count). The Labute approximate surface area is 77.4 Å². The monoisotopic (exact) mass is 267 g/mol. The first-order valence-corrected chi connectivity index (χ1v) is 4.07. The highest BCUT2D eigenvalue weighted by atomic mass is 127. The second-order valence-corrected chi connectivity index (χ2v) is 3.29. The number of aliphatic hydroxyl groups is 1. The SMILES string of the molecule is Nc1cc(F)c(I)cc1CO. The number of hydrogen-bond acceptors (Lipinski definition) is 2. The summed E-state index contributed by atoms with van der Waals surface area (Å²) in [5, 5.41) is 8.73. The molecule has 0 unspecified atom stereocenters. The van der Waals surface area contributed by atoms with Crippen LogP contribution in [0.15, 0.2) is 12.1 Å². The molecule has 0 aliphatic heterocycles. The molecule has 0 saturated carbocycles. The molecule has 0 aliphatic carbocycles. The standard InChI is InChI=1S/C7H7FINO/c8-5-2-7(10)4(3-11)1-6(5)9/h1-2,11H,3,10H2. The fourth-order valence-electron chi connectivity index (χ4n) is 0.740. The second-order valence-electron chi connectivity index (χ2n) is 2.12. The van der Waals surface area contributed by atoms with E-state index in [4.69, 9.17) is 10.8 Å². The fourth-order valence-corrected chi connectivity index (χ4v) is 1.27. The summed E-state index contributed by atoms with van der Waals surface area (Å²) in [5.41, 5.74) is 6.26. The number of anilines is 1. The van der Waals surface area contributed by atoms with Crippen molar-refractivity contribution >= 4 is 28.3 Å². The van der Waals surface area contributed by atoms with Crippen LogP contribution in [0, 0.1) is 9.39 Å². The van der Waals surface area contributed by atoms with E-state index in [0.717, 1.165) is 0 Å². The van der Waals surface area contributed by atoms with Crippen molar-refractivity contribution in [1.29, 1.82) is 0 Å². The molecule has 2 nitrogen and oxygen atoms in total. The molecule has 0 fully saturated rings. The first kappa shape index (κ1) is 8.73. The minimum atomic E-state index is -0.347. The van der Waals surface area contributed by atoms with Gasteiger partial charge in [-0.25, -0.2) is 4.39 Å². The summed E-state index contributed by atoms with van der Waals surface area (Å²) in [6.07, 6.45) is 0. The largest absolute Gasteiger partial charge is 0.398 e. The summed E-state index contributed by atoms with van der Waals surface area (Å²) < 4.78 is 13.2. The molecule has 0 aromatic heterocycles. The van der Waals surface area contributed by atoms with Crippen molar-refractivity contribution in [1.82, 2.24) is 0 Å². The molecule has 60 valence electrons. The van der Waals surface area contributed by atoms with E-state index in [9.17, 15) is 4.39 Å². The van der Waals surface area contributed by atoms with E-state index in [2.05, 4.69) is 0 Å². The van der Waals surface area contributed by atoms with E-state index in [1.807, 2.05) is 22.6 Å². The Bertz CT molecular complexity index is 277. The van der Waals surface area contributed by atoms with Gasteiger partial charge in [-0.2, -0.15) is 0 Å². The van der Waals surface area contributed by atoms with Gasteiger partial charge in [0, 0.05) is 14.8 Å². The Morgan fingerprint density at radius 2 is 2.18 bits per heavy atom. The molecule has 0 aliphatic rings. The zero-order chi connectivity index (χ0) is 8.43. The van der Waals surface area contributed by atoms with Crippen molar-refractivity contribution in [3.8, 4) is 0 Å². The zero-order valence-electron chi connectivity index (χ0n) is 5.64. The normalized spacial score (nSPS) is 10.1. The minimum Gasteiger partial charge on any atom is -0.398 e. The summed E-state index contributed by atoms with van der Waals surface area (Å²) in [7, 11) is 0. The van der Waals surface area contributed by atoms with Crippen LogP contribution in [0.1, 0.15) is 5.56 Å². The van der Waals surface area contributed by atoms with E-state index in [1.165, 1.54) is 12.1 Å². The number of nitrogens with two attached hydrogens (primary N) is 1. The van der Waals surface area contributed by atoms with Gasteiger partial charge in [0.2, 0.25) is 0 Å². The maximum Gasteiger partial charge on any atom is 0.138 e. The minimum absolute atomic E-state index is 0.151. The van der Waals surface area contributed by atoms with Gasteiger partial charge in [-0.05, 0) is 34.7 Å². The van der Waals surface area contributed by atoms with Gasteiger partial charge in [0.1, 0.15) is 5.82 Å². The van der Waals surface area contributed by atoms with Crippen molar-refractivity contribution in [2.24, 2.45) is 0 Å². The molecule has 3 N–H and O–H groups in total. The summed E-state index contributed by atoms with van der Waals surface area (Å²) in [6.45, 7) is -0.151. The highest BCUT2D eigenvalue weighted by Gasteiger charge is 2.03. The van der Waals surface area contributed by atoms with Crippen LogP contribution in [-0.2, 0) is 6.61 Å². The summed E-state index contributed by atoms with van der Waals surface area (Å²) in [6, 6.07) is 2.75. The van der Waals surface area contributed by atoms with Crippen LogP contribution >= 0.6 is 22.6 Å². The van der Waals surface area contributed by atoms with Gasteiger partial charge >= 0.3 is 0 Å². The highest BCUT2D eigenvalue weighted by molar-refractivity contribution is 14.1. The first-order valence-electron chi connectivity index (χ1n) is 2.99. The van der Waals surface area contributed by atoms with Crippen LogP contribution in [0.3, 0.4) is 0 Å². The third kappa shape index (κ3) is 1.81. The van der Waals surface area contributed by atoms with E-state index >= 15 is 0 Å². The Balaban J connectivity index is 3.21. The van der Waals surface area contributed by atoms with Crippen molar-refractivity contribution in [2.75, 3.05) is 5.73 Å². The fraction of sp³-hybridized carbons (Fsp3) is 0.143. The topological polar surface area (TPSA) is 46.2 Å². The maximum absolute atomic E-state index is 12.7. The second kappa shape index (κ2) is 3.36. The molecule has 0 heterocycles. The lowest BCUT2D eigenvalue weighted by Gasteiger charge is -2.02. The van der Waals surface area contributed by atoms with Crippen molar-refractivity contribution in [3.63, 3.8) is 0 Å². The Morgan fingerprint density at radius 1 is 1.55 bits per heavy atom. The van der Waals surface area contributed by atoms with Crippen molar-refractivity contribution in [3.05, 3.63) is 27.1 Å². The smallest absolute Gasteiger partial charge is 0.138 e. The summed E-state index contributed by atoms with van der Waals surface area (Å²) in [5.74, 6) is -0.347. The third-order valence-corrected chi connectivity index (χ3v) is 2.18. The number of nitrogen functional groups attached to an aromatic ring is 1. The van der Waals surface area contributed by atoms with E-state index in [-0.39, 0.29) is 12.4 Å². The molecule has 0 spiro atoms. The number of rotatable bonds is 1. The predicted octanol–water partition coefficient (Wildman–Crippen LogP) is 1.50. The van der Waals surface area contributed by atoms with Gasteiger partial charge in [-0.3, -0.25) is 0 Å². The van der Waals surface area contributed by atoms with Gasteiger partial charge in [0.15, 0.2) is 0 Å². The molecule has 1 aromatic rings. The summed E-state index contributed by atoms with van der Waals surface area (Å²) >= 11 is 1.85. The number of benzene rings is 1. The van der Waals surface area contributed by atoms with Crippen molar-refractivity contribution < 1.29 is 9.50 Å². The molecular formula is C7H7FINO. The zero-order valence-corrected chi connectivity index (χ0v) is 7.80. The molecule has 0 saturated heterocycles. The number of hydrogen-bond donors (Lipinski definition) is 2. The third-order valence-electron chi connectivity index (χ3n) is 1.35. The highest BCUT2D eigenvalue weighted by Crippen LogP contribution is 2.19. The molecule has 1 aromatic carbocycles. The average Bonchev–Trinajstić information content (AvgIpc) is 1.97. The molecule has 0 atom stereocenters. The molecule has 4 heteroatoms. The molecule has 0 bridgehead atoms. The lowest BCUT2D eigenvalue weighted by molar-refractivity contribution is 0.282. The molecular weight excluding hydrogens is 260 g/mol. The van der Waals surface area contributed by atoms with Gasteiger partial charge in [0.25, 0.3) is 0 Å². The van der Waals surface area contributed by atoms with Crippen molar-refractivity contribution in [2.45, 2.75) is 6.61 Å². The van der Waals surface area contributed by atoms with Gasteiger partial charge in [0.05, 0.1) is 6.61 Å². The van der Waals surface area contributed by atoms with E-state index in [1.54, 1.807) is 0 Å². The van der Waals surface area contributed by atoms with Crippen LogP contribution in [0.2, 0.25) is 0 Å². The van der Waals surface area contributed by atoms with Gasteiger partial charge < -0.3 is 10.8 Å². The maximum atomic E-state index is 12.7. The van der Waals surface area contributed by atoms with Gasteiger partial charge in [-0.15, -0.1) is 0 Å². The van der Waals surface area contributed by atoms with Gasteiger partial charge in [-0.1, -0.05) is 0 Å².